The monoisotopic (exact) mass is 249 g/mol. The summed E-state index contributed by atoms with van der Waals surface area (Å²) in [6.07, 6.45) is 3.62. The second-order valence-electron chi connectivity index (χ2n) is 3.72. The smallest absolute Gasteiger partial charge is 0.129 e. The molecule has 17 heavy (non-hydrogen) atoms. The van der Waals surface area contributed by atoms with Crippen molar-refractivity contribution < 1.29 is 4.74 Å². The van der Waals surface area contributed by atoms with Gasteiger partial charge < -0.3 is 4.74 Å². The van der Waals surface area contributed by atoms with E-state index in [1.54, 1.807) is 24.6 Å². The minimum Gasteiger partial charge on any atom is -0.496 e. The molecular weight excluding hydrogens is 234 g/mol. The van der Waals surface area contributed by atoms with Gasteiger partial charge in [-0.3, -0.25) is 10.8 Å². The number of rotatable bonds is 4. The van der Waals surface area contributed by atoms with Gasteiger partial charge >= 0.3 is 0 Å². The van der Waals surface area contributed by atoms with Crippen LogP contribution in [0.3, 0.4) is 0 Å². The number of ether oxygens (including phenoxy) is 1. The van der Waals surface area contributed by atoms with Gasteiger partial charge in [0.25, 0.3) is 0 Å². The number of nitrogens with zero attached hydrogens (tertiary/aromatic N) is 1. The average molecular weight is 249 g/mol. The number of aryl methyl sites for hydroxylation is 1. The summed E-state index contributed by atoms with van der Waals surface area (Å²) in [5.74, 6) is 6.50. The van der Waals surface area contributed by atoms with Gasteiger partial charge in [-0.25, -0.2) is 5.43 Å². The molecule has 0 saturated carbocycles. The van der Waals surface area contributed by atoms with Gasteiger partial charge in [-0.1, -0.05) is 0 Å². The van der Waals surface area contributed by atoms with Crippen molar-refractivity contribution in [2.24, 2.45) is 5.84 Å². The number of aromatic nitrogens is 1. The van der Waals surface area contributed by atoms with E-state index < -0.39 is 0 Å². The van der Waals surface area contributed by atoms with Crippen molar-refractivity contribution in [1.29, 1.82) is 0 Å². The van der Waals surface area contributed by atoms with Crippen LogP contribution in [0.2, 0.25) is 0 Å². The summed E-state index contributed by atoms with van der Waals surface area (Å²) in [5.41, 5.74) is 5.07. The van der Waals surface area contributed by atoms with Crippen molar-refractivity contribution >= 4 is 11.3 Å². The van der Waals surface area contributed by atoms with Gasteiger partial charge in [0.2, 0.25) is 0 Å². The fourth-order valence-electron chi connectivity index (χ4n) is 1.70. The zero-order valence-corrected chi connectivity index (χ0v) is 10.6. The highest BCUT2D eigenvalue weighted by atomic mass is 32.1. The molecule has 1 unspecified atom stereocenters. The average Bonchev–Trinajstić information content (AvgIpc) is 2.81. The number of nitrogens with one attached hydrogen (secondary N) is 1. The fourth-order valence-corrected chi connectivity index (χ4v) is 2.63. The minimum atomic E-state index is -0.0439. The molecule has 0 amide bonds. The quantitative estimate of drug-likeness (QED) is 0.643. The van der Waals surface area contributed by atoms with E-state index in [-0.39, 0.29) is 6.04 Å². The summed E-state index contributed by atoms with van der Waals surface area (Å²) in [7, 11) is 1.66. The lowest BCUT2D eigenvalue weighted by molar-refractivity contribution is 0.416. The van der Waals surface area contributed by atoms with Crippen LogP contribution in [0.15, 0.2) is 29.9 Å². The van der Waals surface area contributed by atoms with Crippen molar-refractivity contribution in [1.82, 2.24) is 10.4 Å². The number of thiophene rings is 1. The lowest BCUT2D eigenvalue weighted by atomic mass is 10.0. The standard InChI is InChI=1S/C12H15N3OS/c1-8-3-4-14-6-10(8)12(15-13)11-5-9(16-2)7-17-11/h3-7,12,15H,13H2,1-2H3. The van der Waals surface area contributed by atoms with Gasteiger partial charge in [0.1, 0.15) is 5.75 Å². The zero-order chi connectivity index (χ0) is 12.3. The summed E-state index contributed by atoms with van der Waals surface area (Å²) in [6, 6.07) is 3.92. The third-order valence-corrected chi connectivity index (χ3v) is 3.65. The van der Waals surface area contributed by atoms with E-state index in [9.17, 15) is 0 Å². The Morgan fingerprint density at radius 2 is 2.35 bits per heavy atom. The summed E-state index contributed by atoms with van der Waals surface area (Å²) < 4.78 is 5.18. The Morgan fingerprint density at radius 3 is 2.94 bits per heavy atom. The Labute approximate surface area is 104 Å². The van der Waals surface area contributed by atoms with Crippen molar-refractivity contribution in [3.63, 3.8) is 0 Å². The summed E-state index contributed by atoms with van der Waals surface area (Å²) in [4.78, 5) is 5.26. The normalized spacial score (nSPS) is 12.4. The minimum absolute atomic E-state index is 0.0439. The fraction of sp³-hybridized carbons (Fsp3) is 0.250. The maximum absolute atomic E-state index is 5.64. The molecule has 0 aliphatic heterocycles. The molecule has 2 aromatic heterocycles. The number of methoxy groups -OCH3 is 1. The molecule has 0 radical (unpaired) electrons. The van der Waals surface area contributed by atoms with Gasteiger partial charge in [0, 0.05) is 22.7 Å². The van der Waals surface area contributed by atoms with E-state index in [2.05, 4.69) is 10.4 Å². The molecule has 0 spiro atoms. The summed E-state index contributed by atoms with van der Waals surface area (Å²) in [5, 5.41) is 1.96. The van der Waals surface area contributed by atoms with Crippen LogP contribution in [-0.2, 0) is 0 Å². The van der Waals surface area contributed by atoms with Crippen LogP contribution >= 0.6 is 11.3 Å². The molecule has 2 aromatic rings. The molecule has 0 aliphatic rings. The van der Waals surface area contributed by atoms with E-state index in [0.717, 1.165) is 21.8 Å². The first-order valence-corrected chi connectivity index (χ1v) is 6.13. The largest absolute Gasteiger partial charge is 0.496 e. The molecule has 90 valence electrons. The van der Waals surface area contributed by atoms with Gasteiger partial charge in [0.05, 0.1) is 13.2 Å². The Hall–Kier alpha value is -1.43. The third kappa shape index (κ3) is 2.46. The van der Waals surface area contributed by atoms with Crippen LogP contribution in [0.4, 0.5) is 0 Å². The van der Waals surface area contributed by atoms with E-state index in [1.807, 2.05) is 30.6 Å². The Morgan fingerprint density at radius 1 is 1.53 bits per heavy atom. The molecule has 0 saturated heterocycles. The predicted molar refractivity (Wildman–Crippen MR) is 69.0 cm³/mol. The molecular formula is C12H15N3OS. The summed E-state index contributed by atoms with van der Waals surface area (Å²) >= 11 is 1.62. The van der Waals surface area contributed by atoms with E-state index in [0.29, 0.717) is 0 Å². The van der Waals surface area contributed by atoms with Gasteiger partial charge in [0.15, 0.2) is 0 Å². The highest BCUT2D eigenvalue weighted by Gasteiger charge is 2.17. The number of hydrogen-bond donors (Lipinski definition) is 2. The van der Waals surface area contributed by atoms with Crippen LogP contribution < -0.4 is 16.0 Å². The van der Waals surface area contributed by atoms with Crippen molar-refractivity contribution in [2.75, 3.05) is 7.11 Å². The SMILES string of the molecule is COc1csc(C(NN)c2cnccc2C)c1. The van der Waals surface area contributed by atoms with Crippen molar-refractivity contribution in [2.45, 2.75) is 13.0 Å². The van der Waals surface area contributed by atoms with Crippen LogP contribution in [0, 0.1) is 6.92 Å². The van der Waals surface area contributed by atoms with E-state index in [4.69, 9.17) is 10.6 Å². The first-order valence-electron chi connectivity index (χ1n) is 5.25. The maximum Gasteiger partial charge on any atom is 0.129 e. The van der Waals surface area contributed by atoms with Crippen LogP contribution in [0.25, 0.3) is 0 Å². The molecule has 0 fully saturated rings. The molecule has 2 rings (SSSR count). The van der Waals surface area contributed by atoms with Gasteiger partial charge in [-0.2, -0.15) is 0 Å². The molecule has 0 aliphatic carbocycles. The first-order chi connectivity index (χ1) is 8.26. The molecule has 0 bridgehead atoms. The van der Waals surface area contributed by atoms with Crippen molar-refractivity contribution in [3.05, 3.63) is 45.9 Å². The topological polar surface area (TPSA) is 60.2 Å². The number of hydrazine groups is 1. The lowest BCUT2D eigenvalue weighted by Crippen LogP contribution is -2.28. The second kappa shape index (κ2) is 5.27. The molecule has 0 aromatic carbocycles. The molecule has 2 heterocycles. The number of hydrogen-bond acceptors (Lipinski definition) is 5. The van der Waals surface area contributed by atoms with Gasteiger partial charge in [-0.05, 0) is 30.2 Å². The zero-order valence-electron chi connectivity index (χ0n) is 9.81. The lowest BCUT2D eigenvalue weighted by Gasteiger charge is -2.16. The molecule has 1 atom stereocenters. The molecule has 3 N–H and O–H groups in total. The summed E-state index contributed by atoms with van der Waals surface area (Å²) in [6.45, 7) is 2.05. The molecule has 4 nitrogen and oxygen atoms in total. The Balaban J connectivity index is 2.36. The predicted octanol–water partition coefficient (Wildman–Crippen LogP) is 2.01. The van der Waals surface area contributed by atoms with Crippen LogP contribution in [0.1, 0.15) is 22.0 Å². The molecule has 5 heteroatoms. The number of nitrogens with two attached hydrogens (primary N) is 1. The highest BCUT2D eigenvalue weighted by Crippen LogP contribution is 2.31. The van der Waals surface area contributed by atoms with E-state index >= 15 is 0 Å². The maximum atomic E-state index is 5.64. The van der Waals surface area contributed by atoms with Crippen molar-refractivity contribution in [3.8, 4) is 5.75 Å². The third-order valence-electron chi connectivity index (χ3n) is 2.67. The Kier molecular flexibility index (Phi) is 3.73. The first kappa shape index (κ1) is 12.0. The highest BCUT2D eigenvalue weighted by molar-refractivity contribution is 7.10. The Bertz CT molecular complexity index is 498. The van der Waals surface area contributed by atoms with Crippen LogP contribution in [0.5, 0.6) is 5.75 Å². The van der Waals surface area contributed by atoms with Gasteiger partial charge in [-0.15, -0.1) is 11.3 Å². The number of pyridine rings is 1. The van der Waals surface area contributed by atoms with Crippen LogP contribution in [-0.4, -0.2) is 12.1 Å². The van der Waals surface area contributed by atoms with E-state index in [1.165, 1.54) is 0 Å². The second-order valence-corrected chi connectivity index (χ2v) is 4.66.